The molecule has 1 heterocycles. The molecular formula is C18H14Cl2FN3O. The summed E-state index contributed by atoms with van der Waals surface area (Å²) in [5.74, 6) is -0.355. The molecule has 2 aromatic carbocycles. The number of anilines is 1. The van der Waals surface area contributed by atoms with Crippen LogP contribution in [-0.4, -0.2) is 15.7 Å². The largest absolute Gasteiger partial charge is 0.305 e. The van der Waals surface area contributed by atoms with Crippen LogP contribution in [0.2, 0.25) is 10.0 Å². The summed E-state index contributed by atoms with van der Waals surface area (Å²) in [6, 6.07) is 13.0. The lowest BCUT2D eigenvalue weighted by molar-refractivity contribution is 0.102. The summed E-state index contributed by atoms with van der Waals surface area (Å²) in [6.45, 7) is 2.10. The van der Waals surface area contributed by atoms with Crippen LogP contribution >= 0.6 is 23.2 Å². The van der Waals surface area contributed by atoms with E-state index >= 15 is 0 Å². The Morgan fingerprint density at radius 1 is 1.20 bits per heavy atom. The van der Waals surface area contributed by atoms with Gasteiger partial charge in [-0.25, -0.2) is 4.39 Å². The molecule has 0 aliphatic carbocycles. The molecule has 0 aliphatic rings. The summed E-state index contributed by atoms with van der Waals surface area (Å²) in [6.07, 6.45) is 0. The first kappa shape index (κ1) is 17.5. The minimum atomic E-state index is -0.414. The second-order valence-corrected chi connectivity index (χ2v) is 6.26. The number of aryl methyl sites for hydroxylation is 1. The van der Waals surface area contributed by atoms with Crippen LogP contribution in [0, 0.1) is 12.7 Å². The van der Waals surface area contributed by atoms with Crippen LogP contribution in [0.3, 0.4) is 0 Å². The highest BCUT2D eigenvalue weighted by Gasteiger charge is 2.15. The number of hydrogen-bond donors (Lipinski definition) is 1. The molecule has 7 heteroatoms. The van der Waals surface area contributed by atoms with Crippen LogP contribution in [0.25, 0.3) is 0 Å². The second kappa shape index (κ2) is 7.25. The van der Waals surface area contributed by atoms with E-state index in [9.17, 15) is 9.18 Å². The standard InChI is InChI=1S/C18H14Cl2FN3O/c1-11-9-16(22-18(25)13-6-4-7-14(19)17(13)20)23-24(11)10-12-5-2-3-8-15(12)21/h2-9H,10H2,1H3,(H,22,23,25). The molecule has 0 radical (unpaired) electrons. The fourth-order valence-corrected chi connectivity index (χ4v) is 2.77. The molecule has 0 bridgehead atoms. The van der Waals surface area contributed by atoms with Gasteiger partial charge in [0, 0.05) is 17.3 Å². The predicted molar refractivity (Wildman–Crippen MR) is 96.9 cm³/mol. The fraction of sp³-hybridized carbons (Fsp3) is 0.111. The van der Waals surface area contributed by atoms with Gasteiger partial charge in [-0.3, -0.25) is 9.48 Å². The number of halogens is 3. The molecule has 3 aromatic rings. The van der Waals surface area contributed by atoms with Crippen LogP contribution in [0.1, 0.15) is 21.6 Å². The number of aromatic nitrogens is 2. The van der Waals surface area contributed by atoms with Crippen LogP contribution in [0.15, 0.2) is 48.5 Å². The lowest BCUT2D eigenvalue weighted by atomic mass is 10.2. The predicted octanol–water partition coefficient (Wildman–Crippen LogP) is 4.94. The molecule has 0 unspecified atom stereocenters. The Bertz CT molecular complexity index is 940. The molecule has 128 valence electrons. The Balaban J connectivity index is 1.80. The van der Waals surface area contributed by atoms with Gasteiger partial charge >= 0.3 is 0 Å². The van der Waals surface area contributed by atoms with Gasteiger partial charge in [0.25, 0.3) is 5.91 Å². The Morgan fingerprint density at radius 3 is 2.72 bits per heavy atom. The van der Waals surface area contributed by atoms with Crippen LogP contribution in [0.4, 0.5) is 10.2 Å². The lowest BCUT2D eigenvalue weighted by Gasteiger charge is -2.06. The molecular weight excluding hydrogens is 364 g/mol. The van der Waals surface area contributed by atoms with Crippen molar-refractivity contribution in [3.63, 3.8) is 0 Å². The number of carbonyl (C=O) groups excluding carboxylic acids is 1. The van der Waals surface area contributed by atoms with Crippen molar-refractivity contribution < 1.29 is 9.18 Å². The van der Waals surface area contributed by atoms with Gasteiger partial charge in [0.2, 0.25) is 0 Å². The number of benzene rings is 2. The minimum absolute atomic E-state index is 0.184. The number of rotatable bonds is 4. The first-order valence-corrected chi connectivity index (χ1v) is 8.24. The summed E-state index contributed by atoms with van der Waals surface area (Å²) < 4.78 is 15.4. The highest BCUT2D eigenvalue weighted by molar-refractivity contribution is 6.44. The van der Waals surface area contributed by atoms with E-state index in [1.54, 1.807) is 47.1 Å². The third-order valence-corrected chi connectivity index (χ3v) is 4.52. The first-order chi connectivity index (χ1) is 12.0. The number of carbonyl (C=O) groups is 1. The molecule has 3 rings (SSSR count). The van der Waals surface area contributed by atoms with E-state index in [4.69, 9.17) is 23.2 Å². The van der Waals surface area contributed by atoms with Crippen LogP contribution in [-0.2, 0) is 6.54 Å². The maximum Gasteiger partial charge on any atom is 0.258 e. The highest BCUT2D eigenvalue weighted by Crippen LogP contribution is 2.26. The normalized spacial score (nSPS) is 10.7. The zero-order valence-electron chi connectivity index (χ0n) is 13.3. The first-order valence-electron chi connectivity index (χ1n) is 7.49. The van der Waals surface area contributed by atoms with Gasteiger partial charge in [0.05, 0.1) is 22.2 Å². The molecule has 25 heavy (non-hydrogen) atoms. The Hall–Kier alpha value is -2.37. The molecule has 0 saturated carbocycles. The maximum absolute atomic E-state index is 13.8. The van der Waals surface area contributed by atoms with E-state index in [2.05, 4.69) is 10.4 Å². The minimum Gasteiger partial charge on any atom is -0.305 e. The average Bonchev–Trinajstić information content (AvgIpc) is 2.91. The van der Waals surface area contributed by atoms with E-state index in [1.807, 2.05) is 6.92 Å². The van der Waals surface area contributed by atoms with Crippen molar-refractivity contribution in [3.8, 4) is 0 Å². The summed E-state index contributed by atoms with van der Waals surface area (Å²) >= 11 is 12.0. The SMILES string of the molecule is Cc1cc(NC(=O)c2cccc(Cl)c2Cl)nn1Cc1ccccc1F. The van der Waals surface area contributed by atoms with Crippen molar-refractivity contribution in [2.75, 3.05) is 5.32 Å². The van der Waals surface area contributed by atoms with Gasteiger partial charge in [-0.1, -0.05) is 47.5 Å². The number of amides is 1. The van der Waals surface area contributed by atoms with Gasteiger partial charge in [0.15, 0.2) is 5.82 Å². The summed E-state index contributed by atoms with van der Waals surface area (Å²) in [5, 5.41) is 7.47. The third-order valence-electron chi connectivity index (χ3n) is 3.70. The van der Waals surface area contributed by atoms with Gasteiger partial charge in [-0.15, -0.1) is 0 Å². The smallest absolute Gasteiger partial charge is 0.258 e. The van der Waals surface area contributed by atoms with Gasteiger partial charge in [-0.2, -0.15) is 5.10 Å². The molecule has 0 aliphatic heterocycles. The second-order valence-electron chi connectivity index (χ2n) is 5.48. The Morgan fingerprint density at radius 2 is 1.96 bits per heavy atom. The van der Waals surface area contributed by atoms with Crippen molar-refractivity contribution in [2.24, 2.45) is 0 Å². The van der Waals surface area contributed by atoms with Crippen molar-refractivity contribution in [3.05, 3.63) is 81.2 Å². The van der Waals surface area contributed by atoms with E-state index in [0.717, 1.165) is 5.69 Å². The zero-order valence-corrected chi connectivity index (χ0v) is 14.8. The Labute approximate surface area is 154 Å². The number of hydrogen-bond acceptors (Lipinski definition) is 2. The molecule has 0 saturated heterocycles. The van der Waals surface area contributed by atoms with E-state index in [-0.39, 0.29) is 22.9 Å². The molecule has 1 amide bonds. The van der Waals surface area contributed by atoms with E-state index in [0.29, 0.717) is 16.4 Å². The number of nitrogens with zero attached hydrogens (tertiary/aromatic N) is 2. The monoisotopic (exact) mass is 377 g/mol. The Kier molecular flexibility index (Phi) is 5.06. The van der Waals surface area contributed by atoms with Crippen LogP contribution in [0.5, 0.6) is 0 Å². The molecule has 1 N–H and O–H groups in total. The highest BCUT2D eigenvalue weighted by atomic mass is 35.5. The summed E-state index contributed by atoms with van der Waals surface area (Å²) in [5.41, 5.74) is 1.57. The van der Waals surface area contributed by atoms with Crippen molar-refractivity contribution in [1.29, 1.82) is 0 Å². The van der Waals surface area contributed by atoms with Gasteiger partial charge in [-0.05, 0) is 25.1 Å². The molecule has 0 spiro atoms. The topological polar surface area (TPSA) is 46.9 Å². The zero-order chi connectivity index (χ0) is 18.0. The van der Waals surface area contributed by atoms with E-state index in [1.165, 1.54) is 6.07 Å². The third kappa shape index (κ3) is 3.83. The molecule has 1 aromatic heterocycles. The molecule has 0 atom stereocenters. The van der Waals surface area contributed by atoms with Crippen molar-refractivity contribution in [2.45, 2.75) is 13.5 Å². The van der Waals surface area contributed by atoms with Gasteiger partial charge < -0.3 is 5.32 Å². The average molecular weight is 378 g/mol. The number of nitrogens with one attached hydrogen (secondary N) is 1. The molecule has 4 nitrogen and oxygen atoms in total. The van der Waals surface area contributed by atoms with E-state index < -0.39 is 5.91 Å². The summed E-state index contributed by atoms with van der Waals surface area (Å²) in [4.78, 5) is 12.4. The lowest BCUT2D eigenvalue weighted by Crippen LogP contribution is -2.13. The van der Waals surface area contributed by atoms with Crippen molar-refractivity contribution in [1.82, 2.24) is 9.78 Å². The van der Waals surface area contributed by atoms with Crippen LogP contribution < -0.4 is 5.32 Å². The van der Waals surface area contributed by atoms with Gasteiger partial charge in [0.1, 0.15) is 5.82 Å². The quantitative estimate of drug-likeness (QED) is 0.699. The fourth-order valence-electron chi connectivity index (χ4n) is 2.38. The maximum atomic E-state index is 13.8. The van der Waals surface area contributed by atoms with Crippen molar-refractivity contribution >= 4 is 34.9 Å². The molecule has 0 fully saturated rings. The summed E-state index contributed by atoms with van der Waals surface area (Å²) in [7, 11) is 0.